The van der Waals surface area contributed by atoms with Crippen molar-refractivity contribution in [2.75, 3.05) is 6.54 Å². The SMILES string of the molecule is CC(=O)C1CCCCCCC(=O)NCCC1. The van der Waals surface area contributed by atoms with E-state index in [0.717, 1.165) is 51.5 Å². The number of nitrogens with one attached hydrogen (secondary N) is 1. The Balaban J connectivity index is 2.38. The highest BCUT2D eigenvalue weighted by Gasteiger charge is 2.14. The molecule has 1 atom stereocenters. The van der Waals surface area contributed by atoms with E-state index in [1.807, 2.05) is 0 Å². The third-order valence-corrected chi connectivity index (χ3v) is 3.33. The first-order valence-electron chi connectivity index (χ1n) is 6.47. The van der Waals surface area contributed by atoms with Crippen molar-refractivity contribution in [2.45, 2.75) is 58.3 Å². The van der Waals surface area contributed by atoms with Gasteiger partial charge in [0, 0.05) is 18.9 Å². The van der Waals surface area contributed by atoms with Crippen molar-refractivity contribution in [3.05, 3.63) is 0 Å². The van der Waals surface area contributed by atoms with E-state index in [9.17, 15) is 9.59 Å². The molecule has 0 aromatic rings. The monoisotopic (exact) mass is 225 g/mol. The summed E-state index contributed by atoms with van der Waals surface area (Å²) in [5, 5.41) is 2.91. The Morgan fingerprint density at radius 1 is 1.12 bits per heavy atom. The Hall–Kier alpha value is -0.860. The van der Waals surface area contributed by atoms with Crippen LogP contribution in [0.3, 0.4) is 0 Å². The van der Waals surface area contributed by atoms with Crippen molar-refractivity contribution in [1.82, 2.24) is 5.32 Å². The molecule has 0 saturated carbocycles. The van der Waals surface area contributed by atoms with Crippen LogP contribution in [0.25, 0.3) is 0 Å². The highest BCUT2D eigenvalue weighted by atomic mass is 16.1. The maximum absolute atomic E-state index is 11.4. The number of carbonyl (C=O) groups is 2. The molecule has 0 aromatic carbocycles. The molecule has 16 heavy (non-hydrogen) atoms. The van der Waals surface area contributed by atoms with E-state index in [0.29, 0.717) is 12.2 Å². The molecule has 1 aliphatic heterocycles. The standard InChI is InChI=1S/C13H23NO2/c1-11(15)12-7-4-2-3-5-9-13(16)14-10-6-8-12/h12H,2-10H2,1H3,(H,14,16). The summed E-state index contributed by atoms with van der Waals surface area (Å²) < 4.78 is 0. The number of amides is 1. The highest BCUT2D eigenvalue weighted by molar-refractivity contribution is 5.78. The first kappa shape index (κ1) is 13.2. The molecule has 1 amide bonds. The second kappa shape index (κ2) is 7.42. The van der Waals surface area contributed by atoms with Gasteiger partial charge in [0.2, 0.25) is 5.91 Å². The molecule has 0 bridgehead atoms. The molecule has 0 aromatic heterocycles. The molecule has 0 aliphatic carbocycles. The molecule has 1 heterocycles. The smallest absolute Gasteiger partial charge is 0.219 e. The van der Waals surface area contributed by atoms with Gasteiger partial charge in [0.15, 0.2) is 0 Å². The number of hydrogen-bond donors (Lipinski definition) is 1. The number of rotatable bonds is 1. The van der Waals surface area contributed by atoms with Crippen molar-refractivity contribution in [1.29, 1.82) is 0 Å². The van der Waals surface area contributed by atoms with Gasteiger partial charge in [-0.1, -0.05) is 19.3 Å². The molecule has 1 aliphatic rings. The first-order valence-corrected chi connectivity index (χ1v) is 6.47. The topological polar surface area (TPSA) is 46.2 Å². The highest BCUT2D eigenvalue weighted by Crippen LogP contribution is 2.18. The molecular weight excluding hydrogens is 202 g/mol. The molecule has 1 saturated heterocycles. The van der Waals surface area contributed by atoms with Crippen LogP contribution in [0, 0.1) is 5.92 Å². The third kappa shape index (κ3) is 5.29. The van der Waals surface area contributed by atoms with Gasteiger partial charge in [-0.05, 0) is 32.6 Å². The van der Waals surface area contributed by atoms with Crippen LogP contribution in [0.5, 0.6) is 0 Å². The van der Waals surface area contributed by atoms with Gasteiger partial charge < -0.3 is 5.32 Å². The molecule has 0 spiro atoms. The molecule has 92 valence electrons. The van der Waals surface area contributed by atoms with E-state index in [2.05, 4.69) is 5.32 Å². The van der Waals surface area contributed by atoms with E-state index in [1.165, 1.54) is 0 Å². The van der Waals surface area contributed by atoms with Crippen LogP contribution >= 0.6 is 0 Å². The summed E-state index contributed by atoms with van der Waals surface area (Å²) in [5.74, 6) is 0.694. The third-order valence-electron chi connectivity index (χ3n) is 3.33. The molecule has 1 rings (SSSR count). The average molecular weight is 225 g/mol. The molecule has 0 radical (unpaired) electrons. The maximum Gasteiger partial charge on any atom is 0.219 e. The van der Waals surface area contributed by atoms with E-state index < -0.39 is 0 Å². The second-order valence-electron chi connectivity index (χ2n) is 4.75. The zero-order chi connectivity index (χ0) is 11.8. The zero-order valence-corrected chi connectivity index (χ0v) is 10.3. The van der Waals surface area contributed by atoms with Crippen LogP contribution < -0.4 is 5.32 Å². The van der Waals surface area contributed by atoms with Crippen LogP contribution in [0.1, 0.15) is 58.3 Å². The molecule has 1 fully saturated rings. The fourth-order valence-electron chi connectivity index (χ4n) is 2.25. The van der Waals surface area contributed by atoms with Gasteiger partial charge in [-0.15, -0.1) is 0 Å². The van der Waals surface area contributed by atoms with Crippen LogP contribution in [-0.4, -0.2) is 18.2 Å². The number of hydrogen-bond acceptors (Lipinski definition) is 2. The van der Waals surface area contributed by atoms with E-state index in [-0.39, 0.29) is 11.8 Å². The molecule has 3 heteroatoms. The average Bonchev–Trinajstić information content (AvgIpc) is 2.22. The summed E-state index contributed by atoms with van der Waals surface area (Å²) in [5.41, 5.74) is 0. The van der Waals surface area contributed by atoms with Gasteiger partial charge in [0.25, 0.3) is 0 Å². The Kier molecular flexibility index (Phi) is 6.12. The predicted octanol–water partition coefficient (Wildman–Crippen LogP) is 2.44. The van der Waals surface area contributed by atoms with Crippen molar-refractivity contribution < 1.29 is 9.59 Å². The quantitative estimate of drug-likeness (QED) is 0.745. The fraction of sp³-hybridized carbons (Fsp3) is 0.846. The van der Waals surface area contributed by atoms with Gasteiger partial charge in [-0.25, -0.2) is 0 Å². The van der Waals surface area contributed by atoms with Crippen LogP contribution in [-0.2, 0) is 9.59 Å². The summed E-state index contributed by atoms with van der Waals surface area (Å²) in [6.45, 7) is 2.41. The van der Waals surface area contributed by atoms with E-state index >= 15 is 0 Å². The first-order chi connectivity index (χ1) is 7.70. The Labute approximate surface area is 98.0 Å². The van der Waals surface area contributed by atoms with Gasteiger partial charge in [0.05, 0.1) is 0 Å². The van der Waals surface area contributed by atoms with Crippen LogP contribution in [0.4, 0.5) is 0 Å². The lowest BCUT2D eigenvalue weighted by atomic mass is 9.92. The lowest BCUT2D eigenvalue weighted by Gasteiger charge is -2.15. The molecule has 1 unspecified atom stereocenters. The van der Waals surface area contributed by atoms with Gasteiger partial charge in [-0.2, -0.15) is 0 Å². The van der Waals surface area contributed by atoms with Crippen LogP contribution in [0.15, 0.2) is 0 Å². The lowest BCUT2D eigenvalue weighted by molar-refractivity contribution is -0.121. The predicted molar refractivity (Wildman–Crippen MR) is 64.1 cm³/mol. The Morgan fingerprint density at radius 2 is 1.81 bits per heavy atom. The lowest BCUT2D eigenvalue weighted by Crippen LogP contribution is -2.25. The molecule has 1 N–H and O–H groups in total. The van der Waals surface area contributed by atoms with E-state index in [4.69, 9.17) is 0 Å². The maximum atomic E-state index is 11.4. The minimum atomic E-state index is 0.167. The Bertz CT molecular complexity index is 236. The number of ketones is 1. The summed E-state index contributed by atoms with van der Waals surface area (Å²) >= 11 is 0. The number of Topliss-reactive ketones (excluding diaryl/α,β-unsaturated/α-hetero) is 1. The minimum Gasteiger partial charge on any atom is -0.356 e. The zero-order valence-electron chi connectivity index (χ0n) is 10.3. The largest absolute Gasteiger partial charge is 0.356 e. The molecule has 3 nitrogen and oxygen atoms in total. The second-order valence-corrected chi connectivity index (χ2v) is 4.75. The van der Waals surface area contributed by atoms with Gasteiger partial charge in [0.1, 0.15) is 5.78 Å². The summed E-state index contributed by atoms with van der Waals surface area (Å²) in [7, 11) is 0. The van der Waals surface area contributed by atoms with Crippen molar-refractivity contribution in [3.8, 4) is 0 Å². The van der Waals surface area contributed by atoms with Crippen molar-refractivity contribution >= 4 is 11.7 Å². The number of carbonyl (C=O) groups excluding carboxylic acids is 2. The van der Waals surface area contributed by atoms with Gasteiger partial charge in [-0.3, -0.25) is 9.59 Å². The normalized spacial score (nSPS) is 25.1. The summed E-state index contributed by atoms with van der Waals surface area (Å²) in [6, 6.07) is 0. The fourth-order valence-corrected chi connectivity index (χ4v) is 2.25. The van der Waals surface area contributed by atoms with E-state index in [1.54, 1.807) is 6.92 Å². The van der Waals surface area contributed by atoms with Gasteiger partial charge >= 0.3 is 0 Å². The van der Waals surface area contributed by atoms with Crippen LogP contribution in [0.2, 0.25) is 0 Å². The van der Waals surface area contributed by atoms with Crippen molar-refractivity contribution in [2.24, 2.45) is 5.92 Å². The minimum absolute atomic E-state index is 0.167. The summed E-state index contributed by atoms with van der Waals surface area (Å²) in [6.07, 6.45) is 7.92. The Morgan fingerprint density at radius 3 is 2.56 bits per heavy atom. The molecular formula is C13H23NO2. The summed E-state index contributed by atoms with van der Waals surface area (Å²) in [4.78, 5) is 22.7. The van der Waals surface area contributed by atoms with Crippen molar-refractivity contribution in [3.63, 3.8) is 0 Å².